The van der Waals surface area contributed by atoms with E-state index in [-0.39, 0.29) is 4.90 Å². The smallest absolute Gasteiger partial charge is 0.265 e. The van der Waals surface area contributed by atoms with Crippen molar-refractivity contribution in [2.24, 2.45) is 0 Å². The van der Waals surface area contributed by atoms with Gasteiger partial charge < -0.3 is 4.90 Å². The van der Waals surface area contributed by atoms with Crippen LogP contribution >= 0.6 is 0 Å². The van der Waals surface area contributed by atoms with Gasteiger partial charge in [0.25, 0.3) is 10.0 Å². The molecule has 142 valence electrons. The maximum Gasteiger partial charge on any atom is 0.265 e. The minimum atomic E-state index is -3.72. The van der Waals surface area contributed by atoms with Gasteiger partial charge in [-0.3, -0.25) is 9.82 Å². The van der Waals surface area contributed by atoms with E-state index in [2.05, 4.69) is 43.9 Å². The van der Waals surface area contributed by atoms with Crippen LogP contribution < -0.4 is 9.62 Å². The zero-order chi connectivity index (χ0) is 19.4. The Morgan fingerprint density at radius 1 is 1.11 bits per heavy atom. The molecule has 7 nitrogen and oxygen atoms in total. The number of sulfonamides is 1. The molecule has 27 heavy (non-hydrogen) atoms. The molecule has 0 atom stereocenters. The molecular weight excluding hydrogens is 362 g/mol. The predicted molar refractivity (Wildman–Crippen MR) is 106 cm³/mol. The molecule has 0 amide bonds. The SMILES string of the molecule is CCN(Cc1ccccc1)c1ccc(NS(=O)(=O)c2c(C)n[nH]c2C)cn1. The van der Waals surface area contributed by atoms with E-state index in [4.69, 9.17) is 0 Å². The number of nitrogens with one attached hydrogen (secondary N) is 2. The second-order valence-electron chi connectivity index (χ2n) is 6.27. The fraction of sp³-hybridized carbons (Fsp3) is 0.263. The molecule has 3 rings (SSSR count). The van der Waals surface area contributed by atoms with Crippen molar-refractivity contribution < 1.29 is 8.42 Å². The number of hydrogen-bond donors (Lipinski definition) is 2. The number of hydrogen-bond acceptors (Lipinski definition) is 5. The molecule has 0 bridgehead atoms. The number of aromatic nitrogens is 3. The highest BCUT2D eigenvalue weighted by Crippen LogP contribution is 2.22. The van der Waals surface area contributed by atoms with E-state index < -0.39 is 10.0 Å². The van der Waals surface area contributed by atoms with Crippen LogP contribution in [0.25, 0.3) is 0 Å². The molecule has 0 saturated carbocycles. The first kappa shape index (κ1) is 18.9. The Morgan fingerprint density at radius 3 is 2.41 bits per heavy atom. The third-order valence-corrected chi connectivity index (χ3v) is 5.89. The lowest BCUT2D eigenvalue weighted by Gasteiger charge is -2.22. The van der Waals surface area contributed by atoms with Crippen LogP contribution in [0.3, 0.4) is 0 Å². The average Bonchev–Trinajstić information content (AvgIpc) is 3.00. The van der Waals surface area contributed by atoms with Crippen molar-refractivity contribution in [1.82, 2.24) is 15.2 Å². The first-order chi connectivity index (χ1) is 12.9. The molecule has 0 aliphatic rings. The maximum atomic E-state index is 12.6. The van der Waals surface area contributed by atoms with Crippen molar-refractivity contribution >= 4 is 21.5 Å². The Kier molecular flexibility index (Phi) is 5.46. The van der Waals surface area contributed by atoms with Crippen LogP contribution in [0.1, 0.15) is 23.9 Å². The van der Waals surface area contributed by atoms with Gasteiger partial charge in [0.2, 0.25) is 0 Å². The van der Waals surface area contributed by atoms with Gasteiger partial charge in [0.1, 0.15) is 10.7 Å². The first-order valence-electron chi connectivity index (χ1n) is 8.70. The molecule has 0 aliphatic heterocycles. The van der Waals surface area contributed by atoms with E-state index in [1.54, 1.807) is 19.9 Å². The molecule has 1 aromatic carbocycles. The Hall–Kier alpha value is -2.87. The van der Waals surface area contributed by atoms with E-state index in [1.807, 2.05) is 24.3 Å². The van der Waals surface area contributed by atoms with Crippen LogP contribution in [0.4, 0.5) is 11.5 Å². The highest BCUT2D eigenvalue weighted by Gasteiger charge is 2.22. The molecule has 2 aromatic heterocycles. The molecule has 2 N–H and O–H groups in total. The predicted octanol–water partition coefficient (Wildman–Crippen LogP) is 3.25. The van der Waals surface area contributed by atoms with Crippen molar-refractivity contribution in [2.75, 3.05) is 16.2 Å². The van der Waals surface area contributed by atoms with Gasteiger partial charge in [-0.05, 0) is 38.5 Å². The summed E-state index contributed by atoms with van der Waals surface area (Å²) in [5.41, 5.74) is 2.54. The summed E-state index contributed by atoms with van der Waals surface area (Å²) in [4.78, 5) is 6.73. The standard InChI is InChI=1S/C19H23N5O2S/c1-4-24(13-16-8-6-5-7-9-16)18-11-10-17(12-20-18)23-27(25,26)19-14(2)21-22-15(19)3/h5-12,23H,4,13H2,1-3H3,(H,21,22). The number of benzene rings is 1. The maximum absolute atomic E-state index is 12.6. The van der Waals surface area contributed by atoms with Crippen LogP contribution in [0.15, 0.2) is 53.6 Å². The van der Waals surface area contributed by atoms with Gasteiger partial charge in [-0.2, -0.15) is 5.10 Å². The molecule has 0 saturated heterocycles. The van der Waals surface area contributed by atoms with Gasteiger partial charge in [-0.15, -0.1) is 0 Å². The fourth-order valence-corrected chi connectivity index (χ4v) is 4.35. The third kappa shape index (κ3) is 4.28. The van der Waals surface area contributed by atoms with Crippen LogP contribution in [0.5, 0.6) is 0 Å². The summed E-state index contributed by atoms with van der Waals surface area (Å²) in [5, 5.41) is 6.64. The minimum absolute atomic E-state index is 0.172. The summed E-state index contributed by atoms with van der Waals surface area (Å²) in [6.07, 6.45) is 1.53. The van der Waals surface area contributed by atoms with Crippen LogP contribution in [0, 0.1) is 13.8 Å². The van der Waals surface area contributed by atoms with Crippen LogP contribution in [-0.2, 0) is 16.6 Å². The number of rotatable bonds is 7. The minimum Gasteiger partial charge on any atom is -0.353 e. The molecule has 0 unspecified atom stereocenters. The molecule has 0 fully saturated rings. The Bertz CT molecular complexity index is 979. The van der Waals surface area contributed by atoms with E-state index >= 15 is 0 Å². The van der Waals surface area contributed by atoms with Crippen molar-refractivity contribution in [3.05, 3.63) is 65.6 Å². The van der Waals surface area contributed by atoms with E-state index in [9.17, 15) is 8.42 Å². The first-order valence-corrected chi connectivity index (χ1v) is 10.2. The normalized spacial score (nSPS) is 11.4. The van der Waals surface area contributed by atoms with Crippen molar-refractivity contribution in [3.63, 3.8) is 0 Å². The lowest BCUT2D eigenvalue weighted by atomic mass is 10.2. The average molecular weight is 385 g/mol. The van der Waals surface area contributed by atoms with Gasteiger partial charge in [-0.1, -0.05) is 30.3 Å². The van der Waals surface area contributed by atoms with Gasteiger partial charge in [0.15, 0.2) is 0 Å². The van der Waals surface area contributed by atoms with Crippen molar-refractivity contribution in [3.8, 4) is 0 Å². The van der Waals surface area contributed by atoms with Crippen molar-refractivity contribution in [1.29, 1.82) is 0 Å². The zero-order valence-corrected chi connectivity index (χ0v) is 16.4. The lowest BCUT2D eigenvalue weighted by Crippen LogP contribution is -2.23. The highest BCUT2D eigenvalue weighted by atomic mass is 32.2. The molecule has 8 heteroatoms. The summed E-state index contributed by atoms with van der Waals surface area (Å²) in [6, 6.07) is 13.7. The van der Waals surface area contributed by atoms with Crippen LogP contribution in [-0.4, -0.2) is 30.1 Å². The quantitative estimate of drug-likeness (QED) is 0.651. The highest BCUT2D eigenvalue weighted by molar-refractivity contribution is 7.92. The number of H-pyrrole nitrogens is 1. The van der Waals surface area contributed by atoms with E-state index in [0.717, 1.165) is 18.9 Å². The Balaban J connectivity index is 1.76. The number of nitrogens with zero attached hydrogens (tertiary/aromatic N) is 3. The number of pyridine rings is 1. The molecule has 0 spiro atoms. The number of anilines is 2. The molecular formula is C19H23N5O2S. The number of aryl methyl sites for hydroxylation is 2. The number of aromatic amines is 1. The third-order valence-electron chi connectivity index (χ3n) is 4.25. The van der Waals surface area contributed by atoms with E-state index in [1.165, 1.54) is 11.8 Å². The topological polar surface area (TPSA) is 91.0 Å². The summed E-state index contributed by atoms with van der Waals surface area (Å²) < 4.78 is 27.8. The molecule has 2 heterocycles. The largest absolute Gasteiger partial charge is 0.353 e. The Morgan fingerprint density at radius 2 is 1.85 bits per heavy atom. The molecule has 3 aromatic rings. The van der Waals surface area contributed by atoms with Gasteiger partial charge in [0.05, 0.1) is 23.3 Å². The summed E-state index contributed by atoms with van der Waals surface area (Å²) in [6.45, 7) is 6.93. The fourth-order valence-electron chi connectivity index (χ4n) is 2.93. The van der Waals surface area contributed by atoms with Gasteiger partial charge >= 0.3 is 0 Å². The van der Waals surface area contributed by atoms with Crippen molar-refractivity contribution in [2.45, 2.75) is 32.2 Å². The summed E-state index contributed by atoms with van der Waals surface area (Å²) in [7, 11) is -3.72. The van der Waals surface area contributed by atoms with Crippen LogP contribution in [0.2, 0.25) is 0 Å². The van der Waals surface area contributed by atoms with Gasteiger partial charge in [0, 0.05) is 13.1 Å². The zero-order valence-electron chi connectivity index (χ0n) is 15.6. The Labute approximate surface area is 159 Å². The lowest BCUT2D eigenvalue weighted by molar-refractivity contribution is 0.600. The van der Waals surface area contributed by atoms with Gasteiger partial charge in [-0.25, -0.2) is 13.4 Å². The summed E-state index contributed by atoms with van der Waals surface area (Å²) in [5.74, 6) is 0.792. The summed E-state index contributed by atoms with van der Waals surface area (Å²) >= 11 is 0. The second-order valence-corrected chi connectivity index (χ2v) is 7.89. The van der Waals surface area contributed by atoms with E-state index in [0.29, 0.717) is 17.1 Å². The molecule has 0 aliphatic carbocycles. The molecule has 0 radical (unpaired) electrons. The monoisotopic (exact) mass is 385 g/mol. The second kappa shape index (κ2) is 7.79.